The molecule has 174 valence electrons. The standard InChI is InChI=1S/C22H26Cl2N2O5S/c1-22(2,3)26(21(27)28)13-16(12-17(26)14-31-18-7-5-4-6-8-18)25-32(29,30)20-11-15(23)9-10-19(20)24/h4-11,16-17,25H,12-14H2,1-3H3/p+1/t16-,17-,26?/m1/s1. The van der Waals surface area contributed by atoms with E-state index in [2.05, 4.69) is 4.72 Å². The number of carboxylic acid groups (broad SMARTS) is 1. The first kappa shape index (κ1) is 24.8. The summed E-state index contributed by atoms with van der Waals surface area (Å²) < 4.78 is 34.3. The number of nitrogens with zero attached hydrogens (tertiary/aromatic N) is 1. The van der Waals surface area contributed by atoms with Crippen LogP contribution in [0.5, 0.6) is 5.75 Å². The zero-order chi connectivity index (χ0) is 23.7. The summed E-state index contributed by atoms with van der Waals surface area (Å²) in [5, 5.41) is 10.6. The zero-order valence-electron chi connectivity index (χ0n) is 18.1. The fourth-order valence-electron chi connectivity index (χ4n) is 4.38. The molecule has 2 aromatic rings. The van der Waals surface area contributed by atoms with E-state index in [1.54, 1.807) is 12.1 Å². The Morgan fingerprint density at radius 3 is 2.44 bits per heavy atom. The topological polar surface area (TPSA) is 92.7 Å². The van der Waals surface area contributed by atoms with Gasteiger partial charge in [-0.1, -0.05) is 41.4 Å². The minimum atomic E-state index is -4.02. The molecule has 32 heavy (non-hydrogen) atoms. The molecule has 10 heteroatoms. The van der Waals surface area contributed by atoms with Gasteiger partial charge in [-0.2, -0.15) is 4.79 Å². The minimum Gasteiger partial charge on any atom is -0.487 e. The number of nitrogens with one attached hydrogen (secondary N) is 1. The van der Waals surface area contributed by atoms with Gasteiger partial charge in [0.25, 0.3) is 0 Å². The summed E-state index contributed by atoms with van der Waals surface area (Å²) in [6, 6.07) is 12.2. The summed E-state index contributed by atoms with van der Waals surface area (Å²) in [4.78, 5) is 12.4. The first-order valence-electron chi connectivity index (χ1n) is 10.1. The average molecular weight is 502 g/mol. The van der Waals surface area contributed by atoms with Crippen molar-refractivity contribution in [1.82, 2.24) is 4.72 Å². The van der Waals surface area contributed by atoms with Crippen LogP contribution in [0, 0.1) is 0 Å². The van der Waals surface area contributed by atoms with E-state index in [0.29, 0.717) is 5.75 Å². The number of rotatable bonds is 6. The lowest BCUT2D eigenvalue weighted by molar-refractivity contribution is -0.914. The number of hydrogen-bond donors (Lipinski definition) is 2. The summed E-state index contributed by atoms with van der Waals surface area (Å²) in [5.41, 5.74) is -0.704. The Balaban J connectivity index is 1.90. The second-order valence-corrected chi connectivity index (χ2v) is 11.4. The van der Waals surface area contributed by atoms with Crippen LogP contribution in [0.4, 0.5) is 4.79 Å². The highest BCUT2D eigenvalue weighted by atomic mass is 35.5. The third-order valence-electron chi connectivity index (χ3n) is 5.92. The van der Waals surface area contributed by atoms with Crippen LogP contribution in [0.2, 0.25) is 10.0 Å². The Morgan fingerprint density at radius 2 is 1.84 bits per heavy atom. The Labute approximate surface area is 198 Å². The van der Waals surface area contributed by atoms with Gasteiger partial charge in [-0.25, -0.2) is 17.6 Å². The average Bonchev–Trinajstić information content (AvgIpc) is 3.08. The van der Waals surface area contributed by atoms with Gasteiger partial charge in [-0.15, -0.1) is 0 Å². The van der Waals surface area contributed by atoms with Gasteiger partial charge < -0.3 is 9.84 Å². The molecule has 7 nitrogen and oxygen atoms in total. The van der Waals surface area contributed by atoms with Crippen molar-refractivity contribution in [1.29, 1.82) is 0 Å². The van der Waals surface area contributed by atoms with Crippen molar-refractivity contribution in [3.05, 3.63) is 58.6 Å². The molecule has 1 fully saturated rings. The zero-order valence-corrected chi connectivity index (χ0v) is 20.4. The van der Waals surface area contributed by atoms with Gasteiger partial charge in [-0.05, 0) is 51.1 Å². The molecule has 1 unspecified atom stereocenters. The number of sulfonamides is 1. The molecule has 2 aromatic carbocycles. The molecule has 0 bridgehead atoms. The van der Waals surface area contributed by atoms with Crippen molar-refractivity contribution in [3.63, 3.8) is 0 Å². The van der Waals surface area contributed by atoms with Crippen LogP contribution in [0.1, 0.15) is 27.2 Å². The predicted molar refractivity (Wildman–Crippen MR) is 124 cm³/mol. The molecule has 1 amide bonds. The highest BCUT2D eigenvalue weighted by Gasteiger charge is 2.60. The van der Waals surface area contributed by atoms with E-state index in [1.807, 2.05) is 39.0 Å². The number of amides is 1. The number of benzene rings is 2. The Bertz CT molecular complexity index is 1090. The van der Waals surface area contributed by atoms with E-state index < -0.39 is 33.7 Å². The lowest BCUT2D eigenvalue weighted by Gasteiger charge is -2.44. The number of ether oxygens (including phenoxy) is 1. The largest absolute Gasteiger partial charge is 0.514 e. The van der Waals surface area contributed by atoms with Gasteiger partial charge in [0.1, 0.15) is 35.4 Å². The van der Waals surface area contributed by atoms with Crippen LogP contribution in [0.25, 0.3) is 0 Å². The van der Waals surface area contributed by atoms with E-state index in [0.717, 1.165) is 0 Å². The Kier molecular flexibility index (Phi) is 7.12. The molecule has 3 atom stereocenters. The molecule has 1 heterocycles. The summed E-state index contributed by atoms with van der Waals surface area (Å²) in [7, 11) is -4.02. The fraction of sp³-hybridized carbons (Fsp3) is 0.409. The van der Waals surface area contributed by atoms with E-state index >= 15 is 0 Å². The van der Waals surface area contributed by atoms with Gasteiger partial charge in [0.15, 0.2) is 0 Å². The molecule has 0 radical (unpaired) electrons. The Hall–Kier alpha value is -1.84. The summed E-state index contributed by atoms with van der Waals surface area (Å²) in [6.07, 6.45) is -0.741. The normalized spacial score (nSPS) is 23.8. The molecule has 0 aromatic heterocycles. The molecule has 1 saturated heterocycles. The van der Waals surface area contributed by atoms with Crippen molar-refractivity contribution in [2.75, 3.05) is 13.2 Å². The quantitative estimate of drug-likeness (QED) is 0.555. The maximum Gasteiger partial charge on any atom is 0.514 e. The van der Waals surface area contributed by atoms with Crippen molar-refractivity contribution in [3.8, 4) is 5.75 Å². The number of quaternary nitrogens is 1. The van der Waals surface area contributed by atoms with E-state index in [1.165, 1.54) is 18.2 Å². The smallest absolute Gasteiger partial charge is 0.487 e. The maximum atomic E-state index is 13.0. The van der Waals surface area contributed by atoms with Crippen molar-refractivity contribution >= 4 is 39.3 Å². The highest BCUT2D eigenvalue weighted by Crippen LogP contribution is 2.38. The SMILES string of the molecule is CC(C)(C)[N+]1(C(=O)O)C[C@H](NS(=O)(=O)c2cc(Cl)ccc2Cl)C[C@@H]1COc1ccccc1. The Morgan fingerprint density at radius 1 is 1.19 bits per heavy atom. The minimum absolute atomic E-state index is 0.0404. The van der Waals surface area contributed by atoms with Crippen LogP contribution < -0.4 is 9.46 Å². The van der Waals surface area contributed by atoms with Gasteiger partial charge >= 0.3 is 6.09 Å². The first-order valence-corrected chi connectivity index (χ1v) is 12.4. The maximum absolute atomic E-state index is 13.0. The number of hydrogen-bond acceptors (Lipinski definition) is 4. The number of halogens is 2. The third-order valence-corrected chi connectivity index (χ3v) is 8.15. The molecule has 3 rings (SSSR count). The van der Waals surface area contributed by atoms with Crippen LogP contribution in [0.3, 0.4) is 0 Å². The highest BCUT2D eigenvalue weighted by molar-refractivity contribution is 7.89. The van der Waals surface area contributed by atoms with Gasteiger partial charge in [0.2, 0.25) is 10.0 Å². The summed E-state index contributed by atoms with van der Waals surface area (Å²) >= 11 is 12.1. The molecule has 0 saturated carbocycles. The van der Waals surface area contributed by atoms with E-state index in [4.69, 9.17) is 27.9 Å². The monoisotopic (exact) mass is 501 g/mol. The van der Waals surface area contributed by atoms with Gasteiger partial charge in [0, 0.05) is 11.4 Å². The molecule has 2 N–H and O–H groups in total. The molecule has 1 aliphatic rings. The van der Waals surface area contributed by atoms with Gasteiger partial charge in [0.05, 0.1) is 11.1 Å². The second kappa shape index (κ2) is 9.19. The van der Waals surface area contributed by atoms with Crippen LogP contribution in [-0.4, -0.2) is 54.9 Å². The molecular weight excluding hydrogens is 475 g/mol. The van der Waals surface area contributed by atoms with Crippen LogP contribution in [0.15, 0.2) is 53.4 Å². The second-order valence-electron chi connectivity index (χ2n) is 8.91. The fourth-order valence-corrected chi connectivity index (χ4v) is 6.38. The summed E-state index contributed by atoms with van der Waals surface area (Å²) in [6.45, 7) is 5.70. The molecule has 0 spiro atoms. The third kappa shape index (κ3) is 4.89. The molecule has 0 aliphatic carbocycles. The van der Waals surface area contributed by atoms with E-state index in [-0.39, 0.29) is 39.0 Å². The molecule has 1 aliphatic heterocycles. The first-order chi connectivity index (χ1) is 14.9. The summed E-state index contributed by atoms with van der Waals surface area (Å²) in [5.74, 6) is 0.625. The van der Waals surface area contributed by atoms with Gasteiger partial charge in [-0.3, -0.25) is 0 Å². The lowest BCUT2D eigenvalue weighted by Crippen LogP contribution is -2.67. The van der Waals surface area contributed by atoms with Crippen molar-refractivity contribution in [2.24, 2.45) is 0 Å². The van der Waals surface area contributed by atoms with E-state index in [9.17, 15) is 18.3 Å². The van der Waals surface area contributed by atoms with Crippen molar-refractivity contribution < 1.29 is 27.5 Å². The molecular formula is C22H27Cl2N2O5S+. The lowest BCUT2D eigenvalue weighted by atomic mass is 10.00. The number of para-hydroxylation sites is 1. The van der Waals surface area contributed by atoms with Crippen LogP contribution >= 0.6 is 23.2 Å². The number of likely N-dealkylation sites (tertiary alicyclic amines) is 1. The number of carbonyl (C=O) groups is 1. The van der Waals surface area contributed by atoms with Crippen molar-refractivity contribution in [2.45, 2.75) is 49.7 Å². The predicted octanol–water partition coefficient (Wildman–Crippen LogP) is 4.78. The van der Waals surface area contributed by atoms with Crippen LogP contribution in [-0.2, 0) is 10.0 Å².